The maximum absolute atomic E-state index is 2.40. The Kier molecular flexibility index (Phi) is 34.8. The molecule has 0 aliphatic heterocycles. The van der Waals surface area contributed by atoms with E-state index in [1.807, 2.05) is 0 Å². The molecule has 260 valence electrons. The van der Waals surface area contributed by atoms with Crippen molar-refractivity contribution in [2.24, 2.45) is 5.92 Å². The molecule has 0 aliphatic carbocycles. The van der Waals surface area contributed by atoms with E-state index >= 15 is 0 Å². The van der Waals surface area contributed by atoms with Gasteiger partial charge in [-0.3, -0.25) is 0 Å². The average Bonchev–Trinajstić information content (AvgIpc) is 2.97. The van der Waals surface area contributed by atoms with Gasteiger partial charge in [0.2, 0.25) is 0 Å². The summed E-state index contributed by atoms with van der Waals surface area (Å²) in [4.78, 5) is 0. The van der Waals surface area contributed by atoms with Gasteiger partial charge in [0.05, 0.1) is 27.7 Å². The minimum atomic E-state index is 0.947. The number of rotatable bonds is 37. The van der Waals surface area contributed by atoms with Gasteiger partial charge in [0.1, 0.15) is 0 Å². The highest BCUT2D eigenvalue weighted by molar-refractivity contribution is 4.61. The minimum absolute atomic E-state index is 0.947. The highest BCUT2D eigenvalue weighted by atomic mass is 15.3. The highest BCUT2D eigenvalue weighted by Crippen LogP contribution is 2.22. The summed E-state index contributed by atoms with van der Waals surface area (Å²) < 4.78 is 1.14. The van der Waals surface area contributed by atoms with Crippen LogP contribution in [0.15, 0.2) is 0 Å². The van der Waals surface area contributed by atoms with Crippen LogP contribution < -0.4 is 0 Å². The Bertz CT molecular complexity index is 492. The summed E-state index contributed by atoms with van der Waals surface area (Å²) >= 11 is 0. The Morgan fingerprint density at radius 1 is 0.279 bits per heavy atom. The minimum Gasteiger partial charge on any atom is -0.331 e. The summed E-state index contributed by atoms with van der Waals surface area (Å²) in [6.07, 6.45) is 51.6. The third-order valence-corrected chi connectivity index (χ3v) is 9.99. The summed E-state index contributed by atoms with van der Waals surface area (Å²) in [5, 5.41) is 0. The molecule has 0 radical (unpaired) electrons. The van der Waals surface area contributed by atoms with Crippen molar-refractivity contribution in [3.8, 4) is 0 Å². The molecule has 0 N–H and O–H groups in total. The van der Waals surface area contributed by atoms with Crippen molar-refractivity contribution in [2.75, 3.05) is 27.7 Å². The van der Waals surface area contributed by atoms with Crippen LogP contribution in [-0.4, -0.2) is 32.2 Å². The Hall–Kier alpha value is -0.0400. The van der Waals surface area contributed by atoms with Crippen molar-refractivity contribution in [1.82, 2.24) is 0 Å². The Balaban J connectivity index is 3.56. The molecule has 0 heterocycles. The number of hydrogen-bond donors (Lipinski definition) is 0. The van der Waals surface area contributed by atoms with Gasteiger partial charge in [0.15, 0.2) is 0 Å². The van der Waals surface area contributed by atoms with Crippen molar-refractivity contribution in [3.63, 3.8) is 0 Å². The smallest absolute Gasteiger partial charge is 0.0809 e. The zero-order valence-corrected chi connectivity index (χ0v) is 31.5. The first-order valence-corrected chi connectivity index (χ1v) is 20.8. The van der Waals surface area contributed by atoms with Crippen LogP contribution >= 0.6 is 0 Å². The summed E-state index contributed by atoms with van der Waals surface area (Å²) in [6, 6.07) is 0. The largest absolute Gasteiger partial charge is 0.331 e. The summed E-state index contributed by atoms with van der Waals surface area (Å²) in [6.45, 7) is 6.00. The monoisotopic (exact) mass is 607 g/mol. The second-order valence-corrected chi connectivity index (χ2v) is 15.9. The van der Waals surface area contributed by atoms with Crippen LogP contribution in [0.1, 0.15) is 239 Å². The van der Waals surface area contributed by atoms with E-state index in [1.54, 1.807) is 0 Å². The molecule has 0 bridgehead atoms. The van der Waals surface area contributed by atoms with Gasteiger partial charge >= 0.3 is 0 Å². The Morgan fingerprint density at radius 3 is 0.651 bits per heavy atom. The third-order valence-electron chi connectivity index (χ3n) is 9.99. The number of quaternary nitrogens is 1. The SMILES string of the molecule is CCCCCCCCCCCCCCCCCCCC(CCCCCCCCCCCCCCCCCC)C[N+](C)(C)C. The van der Waals surface area contributed by atoms with Crippen LogP contribution in [0, 0.1) is 5.92 Å². The topological polar surface area (TPSA) is 0 Å². The first kappa shape index (κ1) is 43.0. The predicted octanol–water partition coefficient (Wildman–Crippen LogP) is 15.0. The summed E-state index contributed by atoms with van der Waals surface area (Å²) in [5.74, 6) is 0.947. The maximum Gasteiger partial charge on any atom is 0.0809 e. The van der Waals surface area contributed by atoms with Gasteiger partial charge in [0, 0.05) is 5.92 Å². The summed E-state index contributed by atoms with van der Waals surface area (Å²) in [7, 11) is 7.19. The molecule has 0 spiro atoms. The lowest BCUT2D eigenvalue weighted by atomic mass is 9.93. The van der Waals surface area contributed by atoms with Crippen molar-refractivity contribution < 1.29 is 4.48 Å². The lowest BCUT2D eigenvalue weighted by Crippen LogP contribution is -2.39. The molecule has 1 nitrogen and oxygen atoms in total. The Labute approximate surface area is 276 Å². The molecule has 0 saturated carbocycles. The standard InChI is InChI=1S/C42H88N/c1-6-8-10-12-14-16-18-20-22-24-26-28-30-32-34-36-38-40-42(41-43(3,4)5)39-37-35-33-31-29-27-25-23-21-19-17-15-13-11-9-7-2/h42H,6-41H2,1-5H3/q+1. The lowest BCUT2D eigenvalue weighted by Gasteiger charge is -2.29. The molecule has 1 atom stereocenters. The van der Waals surface area contributed by atoms with Gasteiger partial charge in [-0.2, -0.15) is 0 Å². The van der Waals surface area contributed by atoms with Crippen LogP contribution in [0.2, 0.25) is 0 Å². The van der Waals surface area contributed by atoms with E-state index in [2.05, 4.69) is 35.0 Å². The van der Waals surface area contributed by atoms with Crippen molar-refractivity contribution in [2.45, 2.75) is 239 Å². The molecule has 0 aromatic carbocycles. The van der Waals surface area contributed by atoms with Crippen LogP contribution in [-0.2, 0) is 0 Å². The molecule has 0 aliphatic rings. The number of nitrogens with zero attached hydrogens (tertiary/aromatic N) is 1. The molecule has 1 heteroatoms. The highest BCUT2D eigenvalue weighted by Gasteiger charge is 2.17. The van der Waals surface area contributed by atoms with Crippen molar-refractivity contribution in [3.05, 3.63) is 0 Å². The molecule has 0 aromatic heterocycles. The lowest BCUT2D eigenvalue weighted by molar-refractivity contribution is -0.874. The van der Waals surface area contributed by atoms with Crippen molar-refractivity contribution in [1.29, 1.82) is 0 Å². The molecule has 0 aromatic rings. The molecule has 0 saturated heterocycles. The van der Waals surface area contributed by atoms with E-state index in [1.165, 1.54) is 231 Å². The van der Waals surface area contributed by atoms with E-state index in [0.717, 1.165) is 10.4 Å². The second kappa shape index (κ2) is 34.8. The van der Waals surface area contributed by atoms with Crippen LogP contribution in [0.5, 0.6) is 0 Å². The molecule has 43 heavy (non-hydrogen) atoms. The molecule has 0 amide bonds. The van der Waals surface area contributed by atoms with Gasteiger partial charge in [-0.05, 0) is 12.8 Å². The molecule has 0 fully saturated rings. The number of hydrogen-bond acceptors (Lipinski definition) is 0. The van der Waals surface area contributed by atoms with Crippen LogP contribution in [0.4, 0.5) is 0 Å². The fourth-order valence-corrected chi connectivity index (χ4v) is 7.24. The molecule has 1 unspecified atom stereocenters. The fourth-order valence-electron chi connectivity index (χ4n) is 7.24. The van der Waals surface area contributed by atoms with Gasteiger partial charge in [-0.15, -0.1) is 0 Å². The van der Waals surface area contributed by atoms with E-state index in [0.29, 0.717) is 0 Å². The number of unbranched alkanes of at least 4 members (excludes halogenated alkanes) is 31. The molecule has 0 rings (SSSR count). The van der Waals surface area contributed by atoms with E-state index in [-0.39, 0.29) is 0 Å². The maximum atomic E-state index is 2.40. The predicted molar refractivity (Wildman–Crippen MR) is 199 cm³/mol. The Morgan fingerprint density at radius 2 is 0.465 bits per heavy atom. The van der Waals surface area contributed by atoms with Crippen molar-refractivity contribution >= 4 is 0 Å². The summed E-state index contributed by atoms with van der Waals surface area (Å²) in [5.41, 5.74) is 0. The van der Waals surface area contributed by atoms with E-state index < -0.39 is 0 Å². The van der Waals surface area contributed by atoms with Gasteiger partial charge in [0.25, 0.3) is 0 Å². The van der Waals surface area contributed by atoms with Gasteiger partial charge in [-0.1, -0.05) is 226 Å². The third kappa shape index (κ3) is 38.1. The van der Waals surface area contributed by atoms with Gasteiger partial charge in [-0.25, -0.2) is 0 Å². The average molecular weight is 607 g/mol. The zero-order valence-electron chi connectivity index (χ0n) is 31.5. The van der Waals surface area contributed by atoms with Crippen LogP contribution in [0.3, 0.4) is 0 Å². The first-order chi connectivity index (χ1) is 21.0. The molecular formula is C42H88N+. The normalized spacial score (nSPS) is 12.8. The molecular weight excluding hydrogens is 518 g/mol. The van der Waals surface area contributed by atoms with E-state index in [9.17, 15) is 0 Å². The zero-order chi connectivity index (χ0) is 31.5. The quantitative estimate of drug-likeness (QED) is 0.0487. The first-order valence-electron chi connectivity index (χ1n) is 20.8. The van der Waals surface area contributed by atoms with E-state index in [4.69, 9.17) is 0 Å². The fraction of sp³-hybridized carbons (Fsp3) is 1.00. The second-order valence-electron chi connectivity index (χ2n) is 15.9. The van der Waals surface area contributed by atoms with Crippen LogP contribution in [0.25, 0.3) is 0 Å². The van der Waals surface area contributed by atoms with Gasteiger partial charge < -0.3 is 4.48 Å².